The Balaban J connectivity index is 1.68. The van der Waals surface area contributed by atoms with E-state index in [9.17, 15) is 13.2 Å². The summed E-state index contributed by atoms with van der Waals surface area (Å²) >= 11 is 0. The van der Waals surface area contributed by atoms with Crippen LogP contribution in [0.15, 0.2) is 29.2 Å². The number of hydrogen-bond donors (Lipinski definition) is 1. The van der Waals surface area contributed by atoms with E-state index in [1.807, 2.05) is 0 Å². The van der Waals surface area contributed by atoms with Gasteiger partial charge in [0.05, 0.1) is 4.90 Å². The van der Waals surface area contributed by atoms with Crippen LogP contribution in [0.1, 0.15) is 23.2 Å². The van der Waals surface area contributed by atoms with Crippen LogP contribution in [0, 0.1) is 5.92 Å². The Hall–Kier alpha value is -1.40. The molecular formula is C15H20N2O3S. The van der Waals surface area contributed by atoms with Gasteiger partial charge in [-0.15, -0.1) is 0 Å². The summed E-state index contributed by atoms with van der Waals surface area (Å²) in [6.45, 7) is 3.21. The molecule has 3 aliphatic heterocycles. The molecule has 3 aliphatic rings. The molecular weight excluding hydrogens is 288 g/mol. The largest absolute Gasteiger partial charge is 0.348 e. The minimum atomic E-state index is -3.22. The molecule has 21 heavy (non-hydrogen) atoms. The van der Waals surface area contributed by atoms with Crippen LogP contribution in [0.4, 0.5) is 0 Å². The van der Waals surface area contributed by atoms with Gasteiger partial charge in [0.1, 0.15) is 0 Å². The summed E-state index contributed by atoms with van der Waals surface area (Å²) < 4.78 is 22.8. The average molecular weight is 308 g/mol. The fourth-order valence-electron chi connectivity index (χ4n) is 3.23. The van der Waals surface area contributed by atoms with Crippen LogP contribution in [0.5, 0.6) is 0 Å². The summed E-state index contributed by atoms with van der Waals surface area (Å²) in [5.41, 5.74) is 0.513. The van der Waals surface area contributed by atoms with Crippen LogP contribution >= 0.6 is 0 Å². The molecule has 0 saturated carbocycles. The highest BCUT2D eigenvalue weighted by atomic mass is 32.2. The summed E-state index contributed by atoms with van der Waals surface area (Å²) in [4.78, 5) is 14.9. The third-order valence-electron chi connectivity index (χ3n) is 4.52. The summed E-state index contributed by atoms with van der Waals surface area (Å²) in [6, 6.07) is 6.34. The van der Waals surface area contributed by atoms with Gasteiger partial charge >= 0.3 is 0 Å². The molecule has 1 aromatic rings. The van der Waals surface area contributed by atoms with E-state index < -0.39 is 9.84 Å². The monoisotopic (exact) mass is 308 g/mol. The van der Waals surface area contributed by atoms with Gasteiger partial charge in [0.25, 0.3) is 5.91 Å². The van der Waals surface area contributed by atoms with Crippen molar-refractivity contribution in [1.82, 2.24) is 10.2 Å². The van der Waals surface area contributed by atoms with Gasteiger partial charge in [-0.1, -0.05) is 0 Å². The number of benzene rings is 1. The van der Waals surface area contributed by atoms with Gasteiger partial charge in [-0.2, -0.15) is 0 Å². The fourth-order valence-corrected chi connectivity index (χ4v) is 3.86. The van der Waals surface area contributed by atoms with Gasteiger partial charge in [0.2, 0.25) is 0 Å². The molecule has 0 aliphatic carbocycles. The molecule has 3 saturated heterocycles. The molecule has 3 heterocycles. The van der Waals surface area contributed by atoms with Crippen molar-refractivity contribution < 1.29 is 13.2 Å². The number of sulfone groups is 1. The van der Waals surface area contributed by atoms with Gasteiger partial charge in [-0.05, 0) is 56.1 Å². The van der Waals surface area contributed by atoms with E-state index in [0.29, 0.717) is 11.5 Å². The van der Waals surface area contributed by atoms with E-state index in [4.69, 9.17) is 0 Å². The van der Waals surface area contributed by atoms with Gasteiger partial charge in [-0.25, -0.2) is 8.42 Å². The number of nitrogens with zero attached hydrogens (tertiary/aromatic N) is 1. The van der Waals surface area contributed by atoms with E-state index in [1.54, 1.807) is 12.1 Å². The van der Waals surface area contributed by atoms with E-state index in [-0.39, 0.29) is 16.8 Å². The molecule has 2 bridgehead atoms. The number of hydrogen-bond acceptors (Lipinski definition) is 4. The number of nitrogens with one attached hydrogen (secondary N) is 1. The first-order valence-corrected chi connectivity index (χ1v) is 9.16. The summed E-state index contributed by atoms with van der Waals surface area (Å²) in [6.07, 6.45) is 3.46. The highest BCUT2D eigenvalue weighted by Crippen LogP contribution is 2.27. The lowest BCUT2D eigenvalue weighted by Crippen LogP contribution is -2.57. The van der Waals surface area contributed by atoms with Crippen molar-refractivity contribution in [2.45, 2.75) is 23.8 Å². The molecule has 0 radical (unpaired) electrons. The minimum absolute atomic E-state index is 0.117. The predicted octanol–water partition coefficient (Wildman–Crippen LogP) is 0.914. The number of carbonyl (C=O) groups is 1. The van der Waals surface area contributed by atoms with Gasteiger partial charge < -0.3 is 10.2 Å². The quantitative estimate of drug-likeness (QED) is 0.901. The Labute approximate surface area is 125 Å². The zero-order valence-electron chi connectivity index (χ0n) is 12.1. The maximum Gasteiger partial charge on any atom is 0.251 e. The van der Waals surface area contributed by atoms with E-state index >= 15 is 0 Å². The Bertz CT molecular complexity index is 631. The SMILES string of the molecule is CS(=O)(=O)c1ccc(C(=O)N[C@H]2CN3CCC2CC3)cc1. The van der Waals surface area contributed by atoms with Crippen LogP contribution in [0.3, 0.4) is 0 Å². The predicted molar refractivity (Wildman–Crippen MR) is 80.0 cm³/mol. The van der Waals surface area contributed by atoms with Crippen molar-refractivity contribution in [3.63, 3.8) is 0 Å². The second-order valence-corrected chi connectivity index (χ2v) is 8.03. The smallest absolute Gasteiger partial charge is 0.251 e. The Kier molecular flexibility index (Phi) is 3.75. The van der Waals surface area contributed by atoms with E-state index in [2.05, 4.69) is 10.2 Å². The standard InChI is InChI=1S/C15H20N2O3S/c1-21(19,20)13-4-2-12(3-5-13)15(18)16-14-10-17-8-6-11(14)7-9-17/h2-5,11,14H,6-10H2,1H3,(H,16,18)/t14-/m0/s1. The van der Waals surface area contributed by atoms with Gasteiger partial charge in [0, 0.05) is 24.4 Å². The first kappa shape index (κ1) is 14.5. The molecule has 114 valence electrons. The molecule has 1 atom stereocenters. The van der Waals surface area contributed by atoms with Crippen LogP contribution in [-0.4, -0.2) is 51.2 Å². The van der Waals surface area contributed by atoms with Crippen LogP contribution in [0.25, 0.3) is 0 Å². The highest BCUT2D eigenvalue weighted by molar-refractivity contribution is 7.90. The molecule has 6 heteroatoms. The topological polar surface area (TPSA) is 66.5 Å². The maximum atomic E-state index is 12.3. The maximum absolute atomic E-state index is 12.3. The van der Waals surface area contributed by atoms with Crippen molar-refractivity contribution in [3.05, 3.63) is 29.8 Å². The zero-order valence-corrected chi connectivity index (χ0v) is 12.9. The fraction of sp³-hybridized carbons (Fsp3) is 0.533. The molecule has 0 spiro atoms. The number of carbonyl (C=O) groups excluding carboxylic acids is 1. The van der Waals surface area contributed by atoms with Crippen molar-refractivity contribution in [2.75, 3.05) is 25.9 Å². The lowest BCUT2D eigenvalue weighted by molar-refractivity contribution is 0.0620. The molecule has 0 unspecified atom stereocenters. The summed E-state index contributed by atoms with van der Waals surface area (Å²) in [5.74, 6) is 0.461. The first-order chi connectivity index (χ1) is 9.93. The molecule has 4 rings (SSSR count). The van der Waals surface area contributed by atoms with E-state index in [0.717, 1.165) is 38.7 Å². The second kappa shape index (κ2) is 5.42. The summed E-state index contributed by atoms with van der Waals surface area (Å²) in [5, 5.41) is 3.09. The molecule has 5 nitrogen and oxygen atoms in total. The lowest BCUT2D eigenvalue weighted by atomic mass is 9.84. The van der Waals surface area contributed by atoms with Gasteiger partial charge in [0.15, 0.2) is 9.84 Å². The zero-order chi connectivity index (χ0) is 15.0. The number of piperidine rings is 3. The Morgan fingerprint density at radius 1 is 1.19 bits per heavy atom. The molecule has 1 aromatic carbocycles. The molecule has 1 N–H and O–H groups in total. The third-order valence-corrected chi connectivity index (χ3v) is 5.65. The normalized spacial score (nSPS) is 28.3. The van der Waals surface area contributed by atoms with Gasteiger partial charge in [-0.3, -0.25) is 4.79 Å². The first-order valence-electron chi connectivity index (χ1n) is 7.27. The molecule has 3 fully saturated rings. The Morgan fingerprint density at radius 2 is 1.81 bits per heavy atom. The molecule has 0 aromatic heterocycles. The third kappa shape index (κ3) is 3.11. The van der Waals surface area contributed by atoms with E-state index in [1.165, 1.54) is 12.1 Å². The van der Waals surface area contributed by atoms with Crippen LogP contribution < -0.4 is 5.32 Å². The lowest BCUT2D eigenvalue weighted by Gasteiger charge is -2.44. The number of fused-ring (bicyclic) bond motifs is 3. The Morgan fingerprint density at radius 3 is 2.29 bits per heavy atom. The van der Waals surface area contributed by atoms with Crippen molar-refractivity contribution in [2.24, 2.45) is 5.92 Å². The van der Waals surface area contributed by atoms with Crippen LogP contribution in [-0.2, 0) is 9.84 Å². The minimum Gasteiger partial charge on any atom is -0.348 e. The number of rotatable bonds is 3. The van der Waals surface area contributed by atoms with Crippen molar-refractivity contribution in [1.29, 1.82) is 0 Å². The van der Waals surface area contributed by atoms with Crippen molar-refractivity contribution >= 4 is 15.7 Å². The van der Waals surface area contributed by atoms with Crippen LogP contribution in [0.2, 0.25) is 0 Å². The average Bonchev–Trinajstić information content (AvgIpc) is 2.48. The van der Waals surface area contributed by atoms with Crippen molar-refractivity contribution in [3.8, 4) is 0 Å². The summed E-state index contributed by atoms with van der Waals surface area (Å²) in [7, 11) is -3.22. The number of amides is 1. The molecule has 1 amide bonds. The highest BCUT2D eigenvalue weighted by Gasteiger charge is 2.34. The second-order valence-electron chi connectivity index (χ2n) is 6.01.